The van der Waals surface area contributed by atoms with Crippen LogP contribution < -0.4 is 21.3 Å². The average molecular weight is 594 g/mol. The zero-order chi connectivity index (χ0) is 30.1. The Labute approximate surface area is 236 Å². The van der Waals surface area contributed by atoms with Crippen LogP contribution in [-0.4, -0.2) is 22.9 Å². The zero-order valence-electron chi connectivity index (χ0n) is 22.0. The summed E-state index contributed by atoms with van der Waals surface area (Å²) in [5.74, 6) is 6.13. The van der Waals surface area contributed by atoms with Crippen LogP contribution in [0.2, 0.25) is 0 Å². The molecule has 3 aromatic carbocycles. The largest absolute Gasteiger partial charge is 0.496 e. The van der Waals surface area contributed by atoms with Crippen molar-refractivity contribution >= 4 is 23.1 Å². The van der Waals surface area contributed by atoms with Crippen molar-refractivity contribution in [2.75, 3.05) is 18.4 Å². The Hall–Kier alpha value is -4.10. The minimum Gasteiger partial charge on any atom is -0.496 e. The molecule has 1 heterocycles. The van der Waals surface area contributed by atoms with E-state index in [0.29, 0.717) is 5.56 Å². The third-order valence-electron chi connectivity index (χ3n) is 6.29. The Morgan fingerprint density at radius 2 is 1.68 bits per heavy atom. The van der Waals surface area contributed by atoms with Crippen LogP contribution in [0.15, 0.2) is 78.0 Å². The first-order valence-electron chi connectivity index (χ1n) is 11.9. The zero-order valence-corrected chi connectivity index (χ0v) is 22.8. The van der Waals surface area contributed by atoms with E-state index in [0.717, 1.165) is 47.1 Å². The first kappa shape index (κ1) is 29.9. The van der Waals surface area contributed by atoms with E-state index < -0.39 is 29.4 Å². The molecule has 4 aromatic rings. The normalized spacial score (nSPS) is 12.5. The Bertz CT molecular complexity index is 1600. The number of halogens is 6. The number of imidazole rings is 1. The lowest BCUT2D eigenvalue weighted by molar-refractivity contribution is -0.141. The summed E-state index contributed by atoms with van der Waals surface area (Å²) in [4.78, 5) is 4.61. The van der Waals surface area contributed by atoms with Crippen molar-refractivity contribution in [3.63, 3.8) is 0 Å². The van der Waals surface area contributed by atoms with Crippen LogP contribution in [0.25, 0.3) is 22.5 Å². The Morgan fingerprint density at radius 3 is 2.27 bits per heavy atom. The highest BCUT2D eigenvalue weighted by Gasteiger charge is 2.36. The first-order valence-corrected chi connectivity index (χ1v) is 13.1. The molecule has 0 radical (unpaired) electrons. The van der Waals surface area contributed by atoms with Crippen molar-refractivity contribution in [3.05, 3.63) is 95.7 Å². The molecule has 4 N–H and O–H groups in total. The molecule has 1 aromatic heterocycles. The molecule has 0 aliphatic heterocycles. The number of ether oxygens (including phenoxy) is 1. The molecule has 0 fully saturated rings. The number of methoxy groups -OCH3 is 1. The molecule has 0 amide bonds. The number of hydrogen-bond donors (Lipinski definition) is 2. The van der Waals surface area contributed by atoms with E-state index in [-0.39, 0.29) is 28.5 Å². The fourth-order valence-corrected chi connectivity index (χ4v) is 4.75. The number of aryl methyl sites for hydroxylation is 1. The number of anilines is 1. The van der Waals surface area contributed by atoms with Crippen LogP contribution in [0.4, 0.5) is 32.0 Å². The van der Waals surface area contributed by atoms with Gasteiger partial charge < -0.3 is 15.0 Å². The maximum absolute atomic E-state index is 13.8. The van der Waals surface area contributed by atoms with Gasteiger partial charge in [0.15, 0.2) is 5.69 Å². The fourth-order valence-electron chi connectivity index (χ4n) is 4.29. The summed E-state index contributed by atoms with van der Waals surface area (Å²) in [5, 5.41) is 1.03. The lowest BCUT2D eigenvalue weighted by atomic mass is 10.0. The molecule has 0 aliphatic rings. The van der Waals surface area contributed by atoms with E-state index in [2.05, 4.69) is 4.98 Å². The fraction of sp³-hybridized carbons (Fsp3) is 0.179. The summed E-state index contributed by atoms with van der Waals surface area (Å²) < 4.78 is 87.8. The minimum atomic E-state index is -4.74. The third kappa shape index (κ3) is 6.15. The topological polar surface area (TPSA) is 82.3 Å². The molecule has 41 heavy (non-hydrogen) atoms. The number of nitrogens with zero attached hydrogens (tertiary/aromatic N) is 3. The van der Waals surface area contributed by atoms with Gasteiger partial charge in [-0.25, -0.2) is 10.8 Å². The second-order valence-electron chi connectivity index (χ2n) is 8.81. The van der Waals surface area contributed by atoms with E-state index in [1.54, 1.807) is 18.2 Å². The van der Waals surface area contributed by atoms with E-state index in [4.69, 9.17) is 16.3 Å². The molecule has 4 rings (SSSR count). The Morgan fingerprint density at radius 1 is 0.976 bits per heavy atom. The van der Waals surface area contributed by atoms with Gasteiger partial charge in [-0.1, -0.05) is 18.2 Å². The van der Waals surface area contributed by atoms with Crippen LogP contribution in [0.1, 0.15) is 22.6 Å². The van der Waals surface area contributed by atoms with Gasteiger partial charge in [-0.15, -0.1) is 11.8 Å². The van der Waals surface area contributed by atoms with E-state index in [1.807, 2.05) is 30.5 Å². The Balaban J connectivity index is 1.92. The first-order chi connectivity index (χ1) is 19.3. The van der Waals surface area contributed by atoms with Crippen LogP contribution >= 0.6 is 11.8 Å². The predicted molar refractivity (Wildman–Crippen MR) is 147 cm³/mol. The van der Waals surface area contributed by atoms with E-state index in [1.165, 1.54) is 29.3 Å². The highest BCUT2D eigenvalue weighted by Crippen LogP contribution is 2.40. The quantitative estimate of drug-likeness (QED) is 0.102. The lowest BCUT2D eigenvalue weighted by Crippen LogP contribution is -2.31. The van der Waals surface area contributed by atoms with Gasteiger partial charge in [0.05, 0.1) is 29.7 Å². The maximum Gasteiger partial charge on any atom is 0.434 e. The third-order valence-corrected chi connectivity index (χ3v) is 7.01. The number of nitrogens with two attached hydrogens (primary N) is 2. The van der Waals surface area contributed by atoms with Gasteiger partial charge in [0.25, 0.3) is 0 Å². The summed E-state index contributed by atoms with van der Waals surface area (Å²) in [6, 6.07) is 15.8. The highest BCUT2D eigenvalue weighted by molar-refractivity contribution is 7.98. The van der Waals surface area contributed by atoms with Gasteiger partial charge in [0.2, 0.25) is 0 Å². The molecule has 0 saturated heterocycles. The summed E-state index contributed by atoms with van der Waals surface area (Å²) in [5.41, 5.74) is 5.48. The molecule has 0 spiro atoms. The van der Waals surface area contributed by atoms with Gasteiger partial charge in [0.1, 0.15) is 11.6 Å². The van der Waals surface area contributed by atoms with Crippen molar-refractivity contribution in [2.45, 2.75) is 24.2 Å². The standard InChI is InChI=1S/C28H25F6N5OS/c1-16-37-26(28(32,33)34)15-38(16)22-9-7-18(17-5-4-6-20(11-17)41-3)13-23(22)39(36)24(14-35)19-8-10-25(40-2)21(12-19)27(29,30)31/h4-15H,35-36H2,1-3H3/b24-14-. The monoisotopic (exact) mass is 593 g/mol. The van der Waals surface area contributed by atoms with Crippen LogP contribution in [-0.2, 0) is 12.4 Å². The summed E-state index contributed by atoms with van der Waals surface area (Å²) in [7, 11) is 1.12. The second kappa shape index (κ2) is 11.4. The Kier molecular flexibility index (Phi) is 8.31. The van der Waals surface area contributed by atoms with E-state index >= 15 is 0 Å². The SMILES string of the molecule is COc1ccc(/C(=C/N)N(N)c2cc(-c3cccc(SC)c3)ccc2-n2cc(C(F)(F)F)nc2C)cc1C(F)(F)F. The molecular weight excluding hydrogens is 568 g/mol. The van der Waals surface area contributed by atoms with Gasteiger partial charge in [-0.05, 0) is 66.8 Å². The number of aromatic nitrogens is 2. The summed E-state index contributed by atoms with van der Waals surface area (Å²) in [6.45, 7) is 1.40. The number of alkyl halides is 6. The minimum absolute atomic E-state index is 0.00203. The van der Waals surface area contributed by atoms with Gasteiger partial charge in [-0.2, -0.15) is 26.3 Å². The van der Waals surface area contributed by atoms with Crippen molar-refractivity contribution in [1.82, 2.24) is 9.55 Å². The van der Waals surface area contributed by atoms with Crippen LogP contribution in [0, 0.1) is 6.92 Å². The maximum atomic E-state index is 13.8. The van der Waals surface area contributed by atoms with Crippen molar-refractivity contribution < 1.29 is 31.1 Å². The smallest absolute Gasteiger partial charge is 0.434 e. The molecule has 0 bridgehead atoms. The molecule has 0 atom stereocenters. The van der Waals surface area contributed by atoms with Crippen molar-refractivity contribution in [1.29, 1.82) is 0 Å². The van der Waals surface area contributed by atoms with Crippen molar-refractivity contribution in [2.24, 2.45) is 11.6 Å². The number of benzene rings is 3. The molecule has 0 aliphatic carbocycles. The number of rotatable bonds is 7. The predicted octanol–water partition coefficient (Wildman–Crippen LogP) is 7.25. The lowest BCUT2D eigenvalue weighted by Gasteiger charge is -2.26. The van der Waals surface area contributed by atoms with Gasteiger partial charge in [0, 0.05) is 22.9 Å². The number of hydrazine groups is 1. The van der Waals surface area contributed by atoms with Gasteiger partial charge >= 0.3 is 12.4 Å². The summed E-state index contributed by atoms with van der Waals surface area (Å²) >= 11 is 1.53. The molecule has 0 saturated carbocycles. The number of hydrogen-bond acceptors (Lipinski definition) is 6. The summed E-state index contributed by atoms with van der Waals surface area (Å²) in [6.07, 6.45) is -5.67. The second-order valence-corrected chi connectivity index (χ2v) is 9.69. The van der Waals surface area contributed by atoms with E-state index in [9.17, 15) is 26.3 Å². The van der Waals surface area contributed by atoms with Crippen molar-refractivity contribution in [3.8, 4) is 22.6 Å². The number of thioether (sulfide) groups is 1. The molecule has 0 unspecified atom stereocenters. The molecule has 216 valence electrons. The molecule has 6 nitrogen and oxygen atoms in total. The molecule has 13 heteroatoms. The van der Waals surface area contributed by atoms with Gasteiger partial charge in [-0.3, -0.25) is 5.01 Å². The highest BCUT2D eigenvalue weighted by atomic mass is 32.2. The average Bonchev–Trinajstić information content (AvgIpc) is 3.34. The van der Waals surface area contributed by atoms with Crippen LogP contribution in [0.3, 0.4) is 0 Å². The van der Waals surface area contributed by atoms with Crippen LogP contribution in [0.5, 0.6) is 5.75 Å². The molecular formula is C28H25F6N5OS.